The van der Waals surface area contributed by atoms with Gasteiger partial charge >= 0.3 is 0 Å². The number of carbonyl (C=O) groups is 2. The van der Waals surface area contributed by atoms with E-state index in [0.717, 1.165) is 12.8 Å². The zero-order valence-corrected chi connectivity index (χ0v) is 9.58. The van der Waals surface area contributed by atoms with E-state index in [2.05, 4.69) is 20.8 Å². The molecule has 0 unspecified atom stereocenters. The summed E-state index contributed by atoms with van der Waals surface area (Å²) >= 11 is 0. The highest BCUT2D eigenvalue weighted by Gasteiger charge is 2.66. The molecular formula is C12H18O3. The molecule has 15 heavy (non-hydrogen) atoms. The zero-order valence-electron chi connectivity index (χ0n) is 9.58. The van der Waals surface area contributed by atoms with Crippen LogP contribution in [-0.4, -0.2) is 18.9 Å². The average molecular weight is 210 g/mol. The highest BCUT2D eigenvalue weighted by atomic mass is 16.5. The zero-order chi connectivity index (χ0) is 11.3. The molecule has 0 aromatic rings. The molecular weight excluding hydrogens is 192 g/mol. The topological polar surface area (TPSA) is 43.4 Å². The molecule has 2 aliphatic carbocycles. The number of ketones is 1. The minimum Gasteiger partial charge on any atom is -0.467 e. The summed E-state index contributed by atoms with van der Waals surface area (Å²) in [6, 6.07) is 0. The summed E-state index contributed by atoms with van der Waals surface area (Å²) in [5.74, 6) is 0.615. The third kappa shape index (κ3) is 1.12. The Morgan fingerprint density at radius 1 is 1.47 bits per heavy atom. The van der Waals surface area contributed by atoms with Crippen molar-refractivity contribution in [3.05, 3.63) is 0 Å². The van der Waals surface area contributed by atoms with Crippen molar-refractivity contribution in [1.82, 2.24) is 0 Å². The molecule has 2 rings (SSSR count). The minimum absolute atomic E-state index is 0.0565. The van der Waals surface area contributed by atoms with E-state index in [1.54, 1.807) is 0 Å². The smallest absolute Gasteiger partial charge is 0.293 e. The molecule has 2 aliphatic rings. The molecule has 3 atom stereocenters. The number of fused-ring (bicyclic) bond motifs is 2. The van der Waals surface area contributed by atoms with Gasteiger partial charge in [-0.3, -0.25) is 9.59 Å². The van der Waals surface area contributed by atoms with Gasteiger partial charge in [0.05, 0.1) is 5.92 Å². The van der Waals surface area contributed by atoms with E-state index in [1.165, 1.54) is 0 Å². The Bertz CT molecular complexity index is 308. The highest BCUT2D eigenvalue weighted by molar-refractivity contribution is 5.91. The maximum absolute atomic E-state index is 12.2. The molecule has 0 spiro atoms. The van der Waals surface area contributed by atoms with Crippen molar-refractivity contribution in [3.8, 4) is 0 Å². The molecule has 0 saturated heterocycles. The van der Waals surface area contributed by atoms with Gasteiger partial charge in [0.2, 0.25) is 0 Å². The van der Waals surface area contributed by atoms with Crippen molar-refractivity contribution < 1.29 is 14.3 Å². The molecule has 0 amide bonds. The Kier molecular flexibility index (Phi) is 2.18. The van der Waals surface area contributed by atoms with Gasteiger partial charge in [-0.05, 0) is 24.2 Å². The number of hydrogen-bond acceptors (Lipinski definition) is 3. The van der Waals surface area contributed by atoms with Crippen molar-refractivity contribution in [2.24, 2.45) is 22.7 Å². The monoisotopic (exact) mass is 210 g/mol. The fourth-order valence-corrected chi connectivity index (χ4v) is 3.61. The number of carbonyl (C=O) groups excluding carboxylic acids is 2. The Hall–Kier alpha value is -0.860. The molecule has 2 fully saturated rings. The molecule has 2 saturated carbocycles. The van der Waals surface area contributed by atoms with Gasteiger partial charge in [0.25, 0.3) is 6.47 Å². The first-order valence-electron chi connectivity index (χ1n) is 5.54. The lowest BCUT2D eigenvalue weighted by Gasteiger charge is -2.32. The number of ether oxygens (including phenoxy) is 1. The van der Waals surface area contributed by atoms with Crippen molar-refractivity contribution in [2.75, 3.05) is 6.61 Å². The van der Waals surface area contributed by atoms with Crippen LogP contribution in [0.25, 0.3) is 0 Å². The second-order valence-electron chi connectivity index (χ2n) is 5.60. The second kappa shape index (κ2) is 3.06. The quantitative estimate of drug-likeness (QED) is 0.667. The van der Waals surface area contributed by atoms with Gasteiger partial charge in [-0.2, -0.15) is 0 Å². The summed E-state index contributed by atoms with van der Waals surface area (Å²) < 4.78 is 4.78. The molecule has 2 bridgehead atoms. The molecule has 0 radical (unpaired) electrons. The van der Waals surface area contributed by atoms with E-state index < -0.39 is 0 Å². The van der Waals surface area contributed by atoms with E-state index in [-0.39, 0.29) is 23.4 Å². The molecule has 3 nitrogen and oxygen atoms in total. The van der Waals surface area contributed by atoms with Crippen LogP contribution in [0.15, 0.2) is 0 Å². The van der Waals surface area contributed by atoms with Crippen molar-refractivity contribution in [3.63, 3.8) is 0 Å². The van der Waals surface area contributed by atoms with Crippen molar-refractivity contribution in [2.45, 2.75) is 33.6 Å². The van der Waals surface area contributed by atoms with Gasteiger partial charge in [0, 0.05) is 5.41 Å². The normalized spacial score (nSPS) is 41.9. The largest absolute Gasteiger partial charge is 0.467 e. The van der Waals surface area contributed by atoms with E-state index in [0.29, 0.717) is 18.2 Å². The SMILES string of the molecule is CC1(C)[C@H]2CC[C@]1(C)C(=O)[C@@H]2COC=O. The summed E-state index contributed by atoms with van der Waals surface area (Å²) in [5, 5.41) is 0. The Labute approximate surface area is 90.2 Å². The lowest BCUT2D eigenvalue weighted by Crippen LogP contribution is -2.34. The third-order valence-electron chi connectivity index (χ3n) is 5.01. The first-order chi connectivity index (χ1) is 6.95. The van der Waals surface area contributed by atoms with Crippen LogP contribution in [0, 0.1) is 22.7 Å². The lowest BCUT2D eigenvalue weighted by atomic mass is 9.70. The van der Waals surface area contributed by atoms with Crippen LogP contribution in [0.5, 0.6) is 0 Å². The summed E-state index contributed by atoms with van der Waals surface area (Å²) in [6.07, 6.45) is 2.07. The van der Waals surface area contributed by atoms with E-state index in [1.807, 2.05) is 0 Å². The first-order valence-corrected chi connectivity index (χ1v) is 5.54. The van der Waals surface area contributed by atoms with Gasteiger partial charge in [-0.25, -0.2) is 0 Å². The molecule has 0 aromatic carbocycles. The fourth-order valence-electron chi connectivity index (χ4n) is 3.61. The number of rotatable bonds is 3. The van der Waals surface area contributed by atoms with Crippen molar-refractivity contribution >= 4 is 12.3 Å². The molecule has 0 aliphatic heterocycles. The van der Waals surface area contributed by atoms with Gasteiger partial charge in [-0.15, -0.1) is 0 Å². The van der Waals surface area contributed by atoms with Crippen LogP contribution in [0.1, 0.15) is 33.6 Å². The predicted molar refractivity (Wildman–Crippen MR) is 55.1 cm³/mol. The van der Waals surface area contributed by atoms with Crippen LogP contribution in [0.4, 0.5) is 0 Å². The Morgan fingerprint density at radius 2 is 2.13 bits per heavy atom. The first kappa shape index (κ1) is 10.7. The van der Waals surface area contributed by atoms with Gasteiger partial charge in [0.15, 0.2) is 0 Å². The van der Waals surface area contributed by atoms with E-state index in [4.69, 9.17) is 4.74 Å². The van der Waals surface area contributed by atoms with Crippen LogP contribution < -0.4 is 0 Å². The van der Waals surface area contributed by atoms with Crippen LogP contribution in [0.2, 0.25) is 0 Å². The van der Waals surface area contributed by atoms with Crippen LogP contribution >= 0.6 is 0 Å². The van der Waals surface area contributed by atoms with E-state index >= 15 is 0 Å². The minimum atomic E-state index is -0.200. The summed E-state index contributed by atoms with van der Waals surface area (Å²) in [7, 11) is 0. The van der Waals surface area contributed by atoms with E-state index in [9.17, 15) is 9.59 Å². The molecule has 84 valence electrons. The molecule has 3 heteroatoms. The number of hydrogen-bond donors (Lipinski definition) is 0. The lowest BCUT2D eigenvalue weighted by molar-refractivity contribution is -0.137. The standard InChI is InChI=1S/C12H18O3/c1-11(2)9-4-5-12(11,3)10(14)8(9)6-15-7-13/h7-9H,4-6H2,1-3H3/t8-,9+,12-/m1/s1. The van der Waals surface area contributed by atoms with Crippen molar-refractivity contribution in [1.29, 1.82) is 0 Å². The van der Waals surface area contributed by atoms with Gasteiger partial charge in [-0.1, -0.05) is 20.8 Å². The fraction of sp³-hybridized carbons (Fsp3) is 0.833. The third-order valence-corrected chi connectivity index (χ3v) is 5.01. The maximum atomic E-state index is 12.2. The van der Waals surface area contributed by atoms with Gasteiger partial charge in [0.1, 0.15) is 12.4 Å². The second-order valence-corrected chi connectivity index (χ2v) is 5.60. The summed E-state index contributed by atoms with van der Waals surface area (Å²) in [5.41, 5.74) is -0.143. The summed E-state index contributed by atoms with van der Waals surface area (Å²) in [4.78, 5) is 22.4. The Morgan fingerprint density at radius 3 is 2.60 bits per heavy atom. The molecule has 0 aromatic heterocycles. The maximum Gasteiger partial charge on any atom is 0.293 e. The molecule has 0 N–H and O–H groups in total. The number of Topliss-reactive ketones (excluding diaryl/α,β-unsaturated/α-hetero) is 1. The Balaban J connectivity index is 2.26. The highest BCUT2D eigenvalue weighted by Crippen LogP contribution is 2.65. The average Bonchev–Trinajstić information content (AvgIpc) is 2.48. The summed E-state index contributed by atoms with van der Waals surface area (Å²) in [6.45, 7) is 7.11. The van der Waals surface area contributed by atoms with Crippen LogP contribution in [0.3, 0.4) is 0 Å². The van der Waals surface area contributed by atoms with Gasteiger partial charge < -0.3 is 4.74 Å². The predicted octanol–water partition coefficient (Wildman–Crippen LogP) is 1.80. The van der Waals surface area contributed by atoms with Crippen LogP contribution in [-0.2, 0) is 14.3 Å². The molecule has 0 heterocycles.